The van der Waals surface area contributed by atoms with Gasteiger partial charge in [-0.15, -0.1) is 0 Å². The van der Waals surface area contributed by atoms with Gasteiger partial charge < -0.3 is 18.9 Å². The molecule has 0 amide bonds. The zero-order valence-corrected chi connectivity index (χ0v) is 24.1. The Kier molecular flexibility index (Phi) is 8.06. The Morgan fingerprint density at radius 1 is 1.09 bits per heavy atom. The zero-order valence-electron chi connectivity index (χ0n) is 23.3. The number of nitrogens with zero attached hydrogens (tertiary/aromatic N) is 4. The molecule has 0 fully saturated rings. The van der Waals surface area contributed by atoms with Gasteiger partial charge in [-0.1, -0.05) is 23.4 Å². The standard InChI is InChI=1S/C29H27F3N4O6S/c1-35(2)23-10-5-4-9-22(23)28-33-27(34-42-28)18-11-13-25-24(15-18)36(17-20(41-25)12-14-26(37)40-3)43(38,39)21-8-6-7-19(16-21)29(30,31)32/h4-11,13,15-16,20H,12,14,17H2,1-3H3/t20-/m0/s1. The number of methoxy groups -OCH3 is 1. The lowest BCUT2D eigenvalue weighted by Crippen LogP contribution is -2.43. The summed E-state index contributed by atoms with van der Waals surface area (Å²) in [7, 11) is 0.455. The second-order valence-electron chi connectivity index (χ2n) is 9.93. The molecule has 1 aromatic heterocycles. The van der Waals surface area contributed by atoms with Crippen molar-refractivity contribution < 1.29 is 40.4 Å². The first-order chi connectivity index (χ1) is 20.4. The van der Waals surface area contributed by atoms with Crippen molar-refractivity contribution in [1.82, 2.24) is 10.1 Å². The number of hydrogen-bond donors (Lipinski definition) is 0. The molecule has 226 valence electrons. The zero-order chi connectivity index (χ0) is 30.9. The van der Waals surface area contributed by atoms with E-state index in [2.05, 4.69) is 14.9 Å². The highest BCUT2D eigenvalue weighted by Crippen LogP contribution is 2.41. The number of aromatic nitrogens is 2. The minimum absolute atomic E-state index is 0.0495. The monoisotopic (exact) mass is 616 g/mol. The predicted octanol–water partition coefficient (Wildman–Crippen LogP) is 5.40. The van der Waals surface area contributed by atoms with Crippen LogP contribution in [0, 0.1) is 0 Å². The summed E-state index contributed by atoms with van der Waals surface area (Å²) in [6.45, 7) is -0.264. The van der Waals surface area contributed by atoms with Crippen LogP contribution in [0.25, 0.3) is 22.8 Å². The highest BCUT2D eigenvalue weighted by molar-refractivity contribution is 7.92. The molecule has 0 unspecified atom stereocenters. The molecule has 0 radical (unpaired) electrons. The predicted molar refractivity (Wildman–Crippen MR) is 151 cm³/mol. The first kappa shape index (κ1) is 29.9. The van der Waals surface area contributed by atoms with Gasteiger partial charge in [0.1, 0.15) is 11.9 Å². The Morgan fingerprint density at radius 2 is 1.86 bits per heavy atom. The van der Waals surface area contributed by atoms with Crippen LogP contribution in [0.3, 0.4) is 0 Å². The van der Waals surface area contributed by atoms with Crippen LogP contribution >= 0.6 is 0 Å². The van der Waals surface area contributed by atoms with Gasteiger partial charge in [-0.2, -0.15) is 18.2 Å². The number of carbonyl (C=O) groups excluding carboxylic acids is 1. The number of rotatable bonds is 8. The highest BCUT2D eigenvalue weighted by Gasteiger charge is 2.37. The third kappa shape index (κ3) is 6.14. The molecule has 2 heterocycles. The first-order valence-electron chi connectivity index (χ1n) is 13.1. The van der Waals surface area contributed by atoms with Gasteiger partial charge in [0, 0.05) is 31.8 Å². The van der Waals surface area contributed by atoms with Crippen molar-refractivity contribution >= 4 is 27.4 Å². The SMILES string of the molecule is COC(=O)CC[C@H]1CN(S(=O)(=O)c2cccc(C(F)(F)F)c2)c2cc(-c3noc(-c4ccccc4N(C)C)n3)ccc2O1. The molecule has 0 aliphatic carbocycles. The van der Waals surface area contributed by atoms with E-state index in [1.807, 2.05) is 43.3 Å². The molecule has 10 nitrogen and oxygen atoms in total. The summed E-state index contributed by atoms with van der Waals surface area (Å²) >= 11 is 0. The lowest BCUT2D eigenvalue weighted by atomic mass is 10.1. The lowest BCUT2D eigenvalue weighted by molar-refractivity contribution is -0.141. The molecule has 1 atom stereocenters. The molecule has 1 aliphatic rings. The summed E-state index contributed by atoms with van der Waals surface area (Å²) in [5.41, 5.74) is 0.888. The van der Waals surface area contributed by atoms with Gasteiger partial charge in [0.25, 0.3) is 15.9 Å². The minimum atomic E-state index is -4.74. The third-order valence-electron chi connectivity index (χ3n) is 6.84. The second kappa shape index (κ2) is 11.6. The number of benzene rings is 3. The number of anilines is 2. The van der Waals surface area contributed by atoms with Gasteiger partial charge in [-0.3, -0.25) is 9.10 Å². The van der Waals surface area contributed by atoms with Crippen LogP contribution in [0.15, 0.2) is 76.1 Å². The largest absolute Gasteiger partial charge is 0.486 e. The van der Waals surface area contributed by atoms with Crippen LogP contribution in [0.4, 0.5) is 24.5 Å². The quantitative estimate of drug-likeness (QED) is 0.240. The molecule has 43 heavy (non-hydrogen) atoms. The normalized spacial score (nSPS) is 15.0. The number of carbonyl (C=O) groups is 1. The molecule has 0 saturated heterocycles. The summed E-state index contributed by atoms with van der Waals surface area (Å²) in [6.07, 6.45) is -5.46. The van der Waals surface area contributed by atoms with Crippen molar-refractivity contribution in [3.8, 4) is 28.6 Å². The van der Waals surface area contributed by atoms with Gasteiger partial charge in [-0.25, -0.2) is 8.42 Å². The van der Waals surface area contributed by atoms with E-state index < -0.39 is 38.7 Å². The van der Waals surface area contributed by atoms with E-state index >= 15 is 0 Å². The van der Waals surface area contributed by atoms with Crippen LogP contribution in [0.1, 0.15) is 18.4 Å². The fourth-order valence-corrected chi connectivity index (χ4v) is 6.21. The van der Waals surface area contributed by atoms with E-state index in [9.17, 15) is 26.4 Å². The maximum absolute atomic E-state index is 13.9. The molecular weight excluding hydrogens is 589 g/mol. The molecule has 0 spiro atoms. The highest BCUT2D eigenvalue weighted by atomic mass is 32.2. The number of hydrogen-bond acceptors (Lipinski definition) is 9. The summed E-state index contributed by atoms with van der Waals surface area (Å²) in [5.74, 6) is 0.0445. The van der Waals surface area contributed by atoms with Gasteiger partial charge in [0.15, 0.2) is 0 Å². The smallest absolute Gasteiger partial charge is 0.416 e. The van der Waals surface area contributed by atoms with Crippen molar-refractivity contribution in [3.63, 3.8) is 0 Å². The van der Waals surface area contributed by atoms with Crippen molar-refractivity contribution in [2.45, 2.75) is 30.0 Å². The van der Waals surface area contributed by atoms with E-state index in [0.29, 0.717) is 17.2 Å². The second-order valence-corrected chi connectivity index (χ2v) is 11.8. The fourth-order valence-electron chi connectivity index (χ4n) is 4.66. The third-order valence-corrected chi connectivity index (χ3v) is 8.61. The number of sulfonamides is 1. The molecule has 1 aliphatic heterocycles. The molecule has 5 rings (SSSR count). The number of para-hydroxylation sites is 1. The van der Waals surface area contributed by atoms with E-state index in [1.165, 1.54) is 19.2 Å². The number of ether oxygens (including phenoxy) is 2. The van der Waals surface area contributed by atoms with E-state index in [4.69, 9.17) is 9.26 Å². The number of fused-ring (bicyclic) bond motifs is 1. The summed E-state index contributed by atoms with van der Waals surface area (Å²) in [6, 6.07) is 15.5. The van der Waals surface area contributed by atoms with E-state index in [-0.39, 0.29) is 42.5 Å². The average Bonchev–Trinajstić information content (AvgIpc) is 3.49. The van der Waals surface area contributed by atoms with Crippen LogP contribution in [0.5, 0.6) is 5.75 Å². The van der Waals surface area contributed by atoms with Crippen LogP contribution in [-0.2, 0) is 25.7 Å². The van der Waals surface area contributed by atoms with Gasteiger partial charge in [-0.05, 0) is 55.0 Å². The van der Waals surface area contributed by atoms with Crippen molar-refractivity contribution in [2.75, 3.05) is 37.0 Å². The molecular formula is C29H27F3N4O6S. The summed E-state index contributed by atoms with van der Waals surface area (Å²) in [4.78, 5) is 17.6. The molecule has 0 N–H and O–H groups in total. The Bertz CT molecular complexity index is 1760. The molecule has 4 aromatic rings. The van der Waals surface area contributed by atoms with Crippen LogP contribution < -0.4 is 13.9 Å². The first-order valence-corrected chi connectivity index (χ1v) is 14.5. The molecule has 0 saturated carbocycles. The number of esters is 1. The Morgan fingerprint density at radius 3 is 2.58 bits per heavy atom. The van der Waals surface area contributed by atoms with Gasteiger partial charge in [0.2, 0.25) is 5.82 Å². The van der Waals surface area contributed by atoms with Gasteiger partial charge >= 0.3 is 12.1 Å². The van der Waals surface area contributed by atoms with Crippen molar-refractivity contribution in [3.05, 3.63) is 72.3 Å². The Hall–Kier alpha value is -4.59. The maximum atomic E-state index is 13.9. The molecule has 14 heteroatoms. The van der Waals surface area contributed by atoms with Crippen molar-refractivity contribution in [2.24, 2.45) is 0 Å². The Balaban J connectivity index is 1.56. The van der Waals surface area contributed by atoms with E-state index in [0.717, 1.165) is 28.2 Å². The molecule has 0 bridgehead atoms. The van der Waals surface area contributed by atoms with Gasteiger partial charge in [0.05, 0.1) is 35.4 Å². The topological polar surface area (TPSA) is 115 Å². The Labute approximate surface area is 245 Å². The number of halogens is 3. The summed E-state index contributed by atoms with van der Waals surface area (Å²) in [5, 5.41) is 4.08. The maximum Gasteiger partial charge on any atom is 0.416 e. The van der Waals surface area contributed by atoms with Crippen LogP contribution in [-0.4, -0.2) is 58.4 Å². The molecule has 3 aromatic carbocycles. The minimum Gasteiger partial charge on any atom is -0.486 e. The lowest BCUT2D eigenvalue weighted by Gasteiger charge is -2.35. The summed E-state index contributed by atoms with van der Waals surface area (Å²) < 4.78 is 85.3. The average molecular weight is 617 g/mol. The van der Waals surface area contributed by atoms with E-state index in [1.54, 1.807) is 6.07 Å². The van der Waals surface area contributed by atoms with Crippen LogP contribution in [0.2, 0.25) is 0 Å². The fraction of sp³-hybridized carbons (Fsp3) is 0.276. The van der Waals surface area contributed by atoms with Crippen molar-refractivity contribution in [1.29, 1.82) is 0 Å². The number of alkyl halides is 3.